The van der Waals surface area contributed by atoms with Crippen molar-refractivity contribution in [3.8, 4) is 0 Å². The number of ether oxygens (including phenoxy) is 2. The third-order valence-electron chi connectivity index (χ3n) is 7.65. The Labute approximate surface area is 272 Å². The van der Waals surface area contributed by atoms with E-state index in [1.54, 1.807) is 9.13 Å². The van der Waals surface area contributed by atoms with Crippen LogP contribution in [0.5, 0.6) is 0 Å². The zero-order valence-corrected chi connectivity index (χ0v) is 27.6. The van der Waals surface area contributed by atoms with E-state index < -0.39 is 59.1 Å². The van der Waals surface area contributed by atoms with Crippen molar-refractivity contribution < 1.29 is 46.5 Å². The highest BCUT2D eigenvalue weighted by Crippen LogP contribution is 2.52. The van der Waals surface area contributed by atoms with Crippen molar-refractivity contribution in [3.05, 3.63) is 25.3 Å². The maximum atomic E-state index is 13.2. The fourth-order valence-corrected chi connectivity index (χ4v) is 7.53. The Balaban J connectivity index is 1.15. The molecule has 20 nitrogen and oxygen atoms in total. The number of hydrogen-bond donors (Lipinski definition) is 5. The predicted octanol–water partition coefficient (Wildman–Crippen LogP) is 2.14. The van der Waals surface area contributed by atoms with Crippen LogP contribution in [0.3, 0.4) is 0 Å². The molecule has 0 aliphatic carbocycles. The van der Waals surface area contributed by atoms with Gasteiger partial charge in [-0.3, -0.25) is 27.2 Å². The highest BCUT2D eigenvalue weighted by atomic mass is 32.1. The molecule has 47 heavy (non-hydrogen) atoms. The second-order valence-corrected chi connectivity index (χ2v) is 14.0. The summed E-state index contributed by atoms with van der Waals surface area (Å²) in [5.41, 5.74) is 13.3. The van der Waals surface area contributed by atoms with Crippen LogP contribution in [0.2, 0.25) is 0 Å². The molecule has 6 rings (SSSR count). The lowest BCUT2D eigenvalue weighted by molar-refractivity contribution is -0.0494. The number of nitrogens with zero attached hydrogens (tertiary/aromatic N) is 8. The van der Waals surface area contributed by atoms with Crippen molar-refractivity contribution in [2.45, 2.75) is 69.5 Å². The lowest BCUT2D eigenvalue weighted by Gasteiger charge is -2.24. The Morgan fingerprint density at radius 3 is 1.89 bits per heavy atom. The van der Waals surface area contributed by atoms with E-state index in [0.29, 0.717) is 40.9 Å². The van der Waals surface area contributed by atoms with Gasteiger partial charge in [0, 0.05) is 12.8 Å². The van der Waals surface area contributed by atoms with Gasteiger partial charge in [-0.2, -0.15) is 12.6 Å². The molecule has 2 fully saturated rings. The van der Waals surface area contributed by atoms with E-state index in [4.69, 9.17) is 39.0 Å². The summed E-state index contributed by atoms with van der Waals surface area (Å²) in [7, 11) is -9.31. The van der Waals surface area contributed by atoms with Crippen LogP contribution in [0.25, 0.3) is 22.3 Å². The Hall–Kier alpha value is -2.81. The van der Waals surface area contributed by atoms with Gasteiger partial charge in [0.05, 0.1) is 38.1 Å². The lowest BCUT2D eigenvalue weighted by Crippen LogP contribution is -2.29. The SMILES string of the molecule is CC[C@H]1O[C@@H](n2cnc3c(N)ncnc32)CC1OP(=O)(O)OC[C@H]1O[C@@H](n2cnc3c(N)ncnc32)CC1OP(=O)(O)OCCCS. The third kappa shape index (κ3) is 7.45. The van der Waals surface area contributed by atoms with Crippen molar-refractivity contribution in [2.24, 2.45) is 0 Å². The third-order valence-corrected chi connectivity index (χ3v) is 10.0. The zero-order valence-electron chi connectivity index (χ0n) is 25.0. The number of rotatable bonds is 14. The van der Waals surface area contributed by atoms with Crippen LogP contribution in [0, 0.1) is 0 Å². The van der Waals surface area contributed by atoms with E-state index in [-0.39, 0.29) is 31.1 Å². The van der Waals surface area contributed by atoms with Crippen LogP contribution in [-0.4, -0.2) is 92.2 Å². The predicted molar refractivity (Wildman–Crippen MR) is 167 cm³/mol. The molecule has 6 N–H and O–H groups in total. The number of imidazole rings is 2. The summed E-state index contributed by atoms with van der Waals surface area (Å²) in [6.07, 6.45) is 1.43. The molecule has 4 aromatic heterocycles. The molecule has 6 heterocycles. The first-order valence-corrected chi connectivity index (χ1v) is 18.2. The van der Waals surface area contributed by atoms with Crippen LogP contribution < -0.4 is 11.5 Å². The molecule has 4 aromatic rings. The molecule has 2 saturated heterocycles. The maximum absolute atomic E-state index is 13.2. The van der Waals surface area contributed by atoms with E-state index in [1.165, 1.54) is 25.3 Å². The number of phosphoric acid groups is 2. The number of phosphoric ester groups is 2. The highest BCUT2D eigenvalue weighted by Gasteiger charge is 2.45. The number of nitrogen functional groups attached to an aromatic ring is 2. The molecule has 8 atom stereocenters. The smallest absolute Gasteiger partial charge is 0.382 e. The van der Waals surface area contributed by atoms with E-state index in [0.717, 1.165) is 0 Å². The van der Waals surface area contributed by atoms with Crippen LogP contribution >= 0.6 is 28.3 Å². The molecule has 4 unspecified atom stereocenters. The van der Waals surface area contributed by atoms with Crippen molar-refractivity contribution >= 4 is 62.2 Å². The van der Waals surface area contributed by atoms with Crippen molar-refractivity contribution in [1.82, 2.24) is 39.0 Å². The van der Waals surface area contributed by atoms with Gasteiger partial charge >= 0.3 is 15.6 Å². The number of hydrogen-bond acceptors (Lipinski definition) is 17. The zero-order chi connectivity index (χ0) is 33.3. The Morgan fingerprint density at radius 2 is 1.36 bits per heavy atom. The van der Waals surface area contributed by atoms with Crippen molar-refractivity contribution in [2.75, 3.05) is 30.4 Å². The van der Waals surface area contributed by atoms with Gasteiger partial charge in [0.15, 0.2) is 22.9 Å². The second-order valence-electron chi connectivity index (χ2n) is 10.7. The second kappa shape index (κ2) is 14.0. The summed E-state index contributed by atoms with van der Waals surface area (Å²) in [5, 5.41) is 0. The van der Waals surface area contributed by atoms with Gasteiger partial charge in [0.25, 0.3) is 0 Å². The molecular formula is C24H34N10O10P2S. The number of thiol groups is 1. The van der Waals surface area contributed by atoms with E-state index in [9.17, 15) is 18.9 Å². The monoisotopic (exact) mass is 716 g/mol. The molecule has 0 saturated carbocycles. The normalized spacial score (nSPS) is 27.4. The minimum Gasteiger partial charge on any atom is -0.382 e. The summed E-state index contributed by atoms with van der Waals surface area (Å²) < 4.78 is 62.9. The molecule has 0 amide bonds. The summed E-state index contributed by atoms with van der Waals surface area (Å²) in [5.74, 6) is 0.791. The summed E-state index contributed by atoms with van der Waals surface area (Å²) >= 11 is 4.07. The van der Waals surface area contributed by atoms with Crippen molar-refractivity contribution in [3.63, 3.8) is 0 Å². The van der Waals surface area contributed by atoms with Crippen LogP contribution in [0.4, 0.5) is 11.6 Å². The van der Waals surface area contributed by atoms with E-state index >= 15 is 0 Å². The van der Waals surface area contributed by atoms with Crippen LogP contribution in [0.1, 0.15) is 45.1 Å². The first-order valence-electron chi connectivity index (χ1n) is 14.6. The average Bonchev–Trinajstić information content (AvgIpc) is 3.81. The first-order chi connectivity index (χ1) is 22.5. The fourth-order valence-electron chi connectivity index (χ4n) is 5.45. The standard InChI is InChI=1S/C24H34N10O10P2S/c1-2-13-14(6-17(41-13)33-11-31-19-21(25)27-9-29-23(19)33)43-46(37,38)40-8-16-15(44-45(35,36)39-4-3-5-47)7-18(42-16)34-12-32-20-22(26)28-10-30-24(20)34/h9-18,47H,2-8H2,1H3,(H,35,36)(H,37,38)(H2,25,27,29)(H2,26,28,30)/t13-,14?,15?,16-,17-,18-/m1/s1. The number of anilines is 2. The molecule has 0 bridgehead atoms. The van der Waals surface area contributed by atoms with Gasteiger partial charge < -0.3 is 30.7 Å². The van der Waals surface area contributed by atoms with Gasteiger partial charge in [-0.05, 0) is 18.6 Å². The Bertz CT molecular complexity index is 1810. The summed E-state index contributed by atoms with van der Waals surface area (Å²) in [6.45, 7) is 1.22. The summed E-state index contributed by atoms with van der Waals surface area (Å²) in [6, 6.07) is 0. The van der Waals surface area contributed by atoms with E-state index in [1.807, 2.05) is 6.92 Å². The molecule has 0 spiro atoms. The fraction of sp³-hybridized carbons (Fsp3) is 0.583. The molecule has 2 aliphatic rings. The number of fused-ring (bicyclic) bond motifs is 2. The molecule has 2 aliphatic heterocycles. The maximum Gasteiger partial charge on any atom is 0.472 e. The minimum absolute atomic E-state index is 0.00342. The Morgan fingerprint density at radius 1 is 0.851 bits per heavy atom. The van der Waals surface area contributed by atoms with Crippen LogP contribution in [-0.2, 0) is 36.7 Å². The first kappa shape index (κ1) is 34.1. The quantitative estimate of drug-likeness (QED) is 0.0710. The Kier molecular flexibility index (Phi) is 10.1. The van der Waals surface area contributed by atoms with Gasteiger partial charge in [-0.1, -0.05) is 6.92 Å². The van der Waals surface area contributed by atoms with Gasteiger partial charge in [-0.15, -0.1) is 0 Å². The molecular weight excluding hydrogens is 682 g/mol. The highest BCUT2D eigenvalue weighted by molar-refractivity contribution is 7.80. The summed E-state index contributed by atoms with van der Waals surface area (Å²) in [4.78, 5) is 45.9. The topological polar surface area (TPSA) is 269 Å². The lowest BCUT2D eigenvalue weighted by atomic mass is 10.1. The largest absolute Gasteiger partial charge is 0.472 e. The van der Waals surface area contributed by atoms with Gasteiger partial charge in [0.1, 0.15) is 48.4 Å². The minimum atomic E-state index is -4.74. The number of aromatic nitrogens is 8. The molecule has 0 aromatic carbocycles. The van der Waals surface area contributed by atoms with Crippen LogP contribution in [0.15, 0.2) is 25.3 Å². The van der Waals surface area contributed by atoms with Crippen molar-refractivity contribution in [1.29, 1.82) is 0 Å². The number of nitrogens with two attached hydrogens (primary N) is 2. The molecule has 256 valence electrons. The molecule has 23 heteroatoms. The van der Waals surface area contributed by atoms with E-state index in [2.05, 4.69) is 42.5 Å². The van der Waals surface area contributed by atoms with Gasteiger partial charge in [0.2, 0.25) is 0 Å². The van der Waals surface area contributed by atoms with Gasteiger partial charge in [-0.25, -0.2) is 39.0 Å². The average molecular weight is 717 g/mol. The molecule has 0 radical (unpaired) electrons.